The zero-order chi connectivity index (χ0) is 20.6. The van der Waals surface area contributed by atoms with Gasteiger partial charge in [-0.25, -0.2) is 19.2 Å². The van der Waals surface area contributed by atoms with Gasteiger partial charge in [-0.3, -0.25) is 13.9 Å². The molecule has 0 aliphatic carbocycles. The molecular formula is C18H16FN4O4S-. The van der Waals surface area contributed by atoms with Gasteiger partial charge in [-0.1, -0.05) is 30.8 Å². The Balaban J connectivity index is 2.41. The highest BCUT2D eigenvalue weighted by Crippen LogP contribution is 2.30. The van der Waals surface area contributed by atoms with Crippen molar-refractivity contribution in [2.24, 2.45) is 14.1 Å². The number of aromatic nitrogens is 4. The van der Waals surface area contributed by atoms with Crippen molar-refractivity contribution in [1.82, 2.24) is 19.1 Å². The van der Waals surface area contributed by atoms with Crippen LogP contribution in [0.15, 0.2) is 38.9 Å². The van der Waals surface area contributed by atoms with Gasteiger partial charge in [0.2, 0.25) is 0 Å². The van der Waals surface area contributed by atoms with Crippen molar-refractivity contribution < 1.29 is 14.3 Å². The van der Waals surface area contributed by atoms with Crippen LogP contribution in [0.4, 0.5) is 4.39 Å². The van der Waals surface area contributed by atoms with Crippen LogP contribution in [0.2, 0.25) is 0 Å². The Hall–Kier alpha value is -3.01. The van der Waals surface area contributed by atoms with Crippen LogP contribution in [-0.2, 0) is 18.9 Å². The summed E-state index contributed by atoms with van der Waals surface area (Å²) in [5.41, 5.74) is -1.20. The highest BCUT2D eigenvalue weighted by atomic mass is 32.2. The van der Waals surface area contributed by atoms with Crippen LogP contribution in [0.5, 0.6) is 0 Å². The first-order valence-corrected chi connectivity index (χ1v) is 9.24. The Morgan fingerprint density at radius 3 is 2.50 bits per heavy atom. The van der Waals surface area contributed by atoms with Gasteiger partial charge in [0, 0.05) is 14.1 Å². The summed E-state index contributed by atoms with van der Waals surface area (Å²) in [6.45, 7) is 1.66. The van der Waals surface area contributed by atoms with E-state index in [1.807, 2.05) is 0 Å². The van der Waals surface area contributed by atoms with Gasteiger partial charge in [0.05, 0.1) is 16.8 Å². The van der Waals surface area contributed by atoms with E-state index >= 15 is 0 Å². The highest BCUT2D eigenvalue weighted by molar-refractivity contribution is 8.00. The fourth-order valence-corrected chi connectivity index (χ4v) is 3.68. The fourth-order valence-electron chi connectivity index (χ4n) is 2.71. The number of carboxylic acid groups (broad SMARTS) is 1. The second kappa shape index (κ2) is 7.55. The number of aliphatic carboxylic acids is 1. The van der Waals surface area contributed by atoms with Gasteiger partial charge in [-0.15, -0.1) is 0 Å². The number of hydrogen-bond acceptors (Lipinski definition) is 7. The predicted octanol–water partition coefficient (Wildman–Crippen LogP) is 0.454. The second-order valence-electron chi connectivity index (χ2n) is 6.07. The summed E-state index contributed by atoms with van der Waals surface area (Å²) < 4.78 is 16.3. The summed E-state index contributed by atoms with van der Waals surface area (Å²) >= 11 is 0.814. The minimum Gasteiger partial charge on any atom is -0.549 e. The number of carbonyl (C=O) groups is 1. The number of rotatable bonds is 5. The highest BCUT2D eigenvalue weighted by Gasteiger charge is 2.22. The van der Waals surface area contributed by atoms with E-state index in [4.69, 9.17) is 0 Å². The first-order chi connectivity index (χ1) is 13.3. The average molecular weight is 403 g/mol. The van der Waals surface area contributed by atoms with Crippen molar-refractivity contribution >= 4 is 28.8 Å². The zero-order valence-electron chi connectivity index (χ0n) is 15.3. The van der Waals surface area contributed by atoms with Crippen molar-refractivity contribution in [3.05, 3.63) is 50.9 Å². The lowest BCUT2D eigenvalue weighted by atomic mass is 10.2. The molecule has 0 amide bonds. The monoisotopic (exact) mass is 403 g/mol. The summed E-state index contributed by atoms with van der Waals surface area (Å²) in [6.07, 6.45) is 0.222. The van der Waals surface area contributed by atoms with Crippen LogP contribution >= 0.6 is 11.8 Å². The number of benzene rings is 1. The molecule has 8 nitrogen and oxygen atoms in total. The Bertz CT molecular complexity index is 1200. The predicted molar refractivity (Wildman–Crippen MR) is 100 cm³/mol. The molecule has 2 heterocycles. The molecule has 3 rings (SSSR count). The molecule has 28 heavy (non-hydrogen) atoms. The number of aryl methyl sites for hydroxylation is 1. The number of carboxylic acids is 1. The molecule has 0 radical (unpaired) electrons. The van der Waals surface area contributed by atoms with Crippen molar-refractivity contribution in [2.45, 2.75) is 23.6 Å². The molecule has 1 atom stereocenters. The first kappa shape index (κ1) is 19.7. The molecular weight excluding hydrogens is 387 g/mol. The third kappa shape index (κ3) is 3.31. The maximum atomic E-state index is 14.3. The first-order valence-electron chi connectivity index (χ1n) is 8.36. The minimum atomic E-state index is -1.31. The molecule has 10 heteroatoms. The molecule has 3 aromatic rings. The van der Waals surface area contributed by atoms with E-state index in [2.05, 4.69) is 9.97 Å². The van der Waals surface area contributed by atoms with E-state index in [1.165, 1.54) is 32.3 Å². The number of halogens is 1. The second-order valence-corrected chi connectivity index (χ2v) is 7.26. The molecule has 0 aliphatic heterocycles. The molecule has 0 aliphatic rings. The topological polar surface area (TPSA) is 110 Å². The molecule has 0 saturated carbocycles. The van der Waals surface area contributed by atoms with Gasteiger partial charge >= 0.3 is 5.69 Å². The van der Waals surface area contributed by atoms with E-state index in [0.717, 1.165) is 20.9 Å². The molecule has 0 saturated heterocycles. The van der Waals surface area contributed by atoms with Gasteiger partial charge in [-0.2, -0.15) is 0 Å². The van der Waals surface area contributed by atoms with E-state index in [-0.39, 0.29) is 33.9 Å². The SMILES string of the molecule is CC[C@H](Sc1nc(-c2ccccc2F)nc2c1c(=O)n(C)c(=O)n2C)C(=O)[O-]. The van der Waals surface area contributed by atoms with Crippen LogP contribution in [0.1, 0.15) is 13.3 Å². The normalized spacial score (nSPS) is 12.3. The Kier molecular flexibility index (Phi) is 5.32. The summed E-state index contributed by atoms with van der Waals surface area (Å²) in [4.78, 5) is 44.9. The maximum Gasteiger partial charge on any atom is 0.332 e. The summed E-state index contributed by atoms with van der Waals surface area (Å²) in [6, 6.07) is 5.79. The van der Waals surface area contributed by atoms with Crippen molar-refractivity contribution in [2.75, 3.05) is 0 Å². The van der Waals surface area contributed by atoms with Crippen molar-refractivity contribution in [3.63, 3.8) is 0 Å². The number of nitrogens with zero attached hydrogens (tertiary/aromatic N) is 4. The van der Waals surface area contributed by atoms with Crippen LogP contribution in [0, 0.1) is 5.82 Å². The van der Waals surface area contributed by atoms with Gasteiger partial charge in [0.25, 0.3) is 5.56 Å². The molecule has 146 valence electrons. The Morgan fingerprint density at radius 2 is 1.89 bits per heavy atom. The molecule has 2 aromatic heterocycles. The molecule has 0 bridgehead atoms. The summed E-state index contributed by atoms with van der Waals surface area (Å²) in [5, 5.41) is 10.4. The molecule has 0 fully saturated rings. The summed E-state index contributed by atoms with van der Waals surface area (Å²) in [5.74, 6) is -1.95. The lowest BCUT2D eigenvalue weighted by Gasteiger charge is -2.17. The smallest absolute Gasteiger partial charge is 0.332 e. The lowest BCUT2D eigenvalue weighted by Crippen LogP contribution is -2.38. The van der Waals surface area contributed by atoms with Crippen molar-refractivity contribution in [1.29, 1.82) is 0 Å². The lowest BCUT2D eigenvalue weighted by molar-refractivity contribution is -0.304. The number of thioether (sulfide) groups is 1. The van der Waals surface area contributed by atoms with Gasteiger partial charge < -0.3 is 9.90 Å². The maximum absolute atomic E-state index is 14.3. The quantitative estimate of drug-likeness (QED) is 0.449. The third-order valence-electron chi connectivity index (χ3n) is 4.27. The Morgan fingerprint density at radius 1 is 1.21 bits per heavy atom. The molecule has 0 N–H and O–H groups in total. The van der Waals surface area contributed by atoms with Crippen LogP contribution < -0.4 is 16.4 Å². The fraction of sp³-hybridized carbons (Fsp3) is 0.278. The largest absolute Gasteiger partial charge is 0.549 e. The van der Waals surface area contributed by atoms with Gasteiger partial charge in [0.1, 0.15) is 16.2 Å². The van der Waals surface area contributed by atoms with Crippen LogP contribution in [-0.4, -0.2) is 30.3 Å². The number of carbonyl (C=O) groups excluding carboxylic acids is 1. The van der Waals surface area contributed by atoms with E-state index < -0.39 is 28.3 Å². The van der Waals surface area contributed by atoms with E-state index in [1.54, 1.807) is 13.0 Å². The third-order valence-corrected chi connectivity index (χ3v) is 5.60. The van der Waals surface area contributed by atoms with E-state index in [9.17, 15) is 23.9 Å². The van der Waals surface area contributed by atoms with Crippen LogP contribution in [0.3, 0.4) is 0 Å². The van der Waals surface area contributed by atoms with Gasteiger partial charge in [0.15, 0.2) is 11.5 Å². The van der Waals surface area contributed by atoms with Crippen LogP contribution in [0.25, 0.3) is 22.4 Å². The molecule has 0 spiro atoms. The van der Waals surface area contributed by atoms with E-state index in [0.29, 0.717) is 0 Å². The minimum absolute atomic E-state index is 0.00273. The summed E-state index contributed by atoms with van der Waals surface area (Å²) in [7, 11) is 2.73. The van der Waals surface area contributed by atoms with Gasteiger partial charge in [-0.05, 0) is 18.6 Å². The Labute approximate surface area is 162 Å². The number of fused-ring (bicyclic) bond motifs is 1. The zero-order valence-corrected chi connectivity index (χ0v) is 16.1. The molecule has 1 aromatic carbocycles. The van der Waals surface area contributed by atoms with Crippen molar-refractivity contribution in [3.8, 4) is 11.4 Å². The number of hydrogen-bond donors (Lipinski definition) is 0. The average Bonchev–Trinajstić information content (AvgIpc) is 2.68. The standard InChI is InChI=1S/C18H17FN4O4S/c1-4-11(17(25)26)28-15-12-14(22(2)18(27)23(3)16(12)24)20-13(21-15)9-7-5-6-8-10(9)19/h5-8,11H,4H2,1-3H3,(H,25,26)/p-1/t11-/m0/s1. The molecule has 0 unspecified atom stereocenters.